The van der Waals surface area contributed by atoms with Gasteiger partial charge >= 0.3 is 0 Å². The average molecular weight is 252 g/mol. The maximum Gasteiger partial charge on any atom is 0.226 e. The molecule has 1 N–H and O–H groups in total. The van der Waals surface area contributed by atoms with Crippen molar-refractivity contribution in [2.75, 3.05) is 6.54 Å². The van der Waals surface area contributed by atoms with E-state index in [9.17, 15) is 8.78 Å². The summed E-state index contributed by atoms with van der Waals surface area (Å²) in [5.41, 5.74) is 1.01. The van der Waals surface area contributed by atoms with Crippen molar-refractivity contribution in [3.8, 4) is 11.5 Å². The number of hydrogen-bond donors (Lipinski definition) is 1. The van der Waals surface area contributed by atoms with Gasteiger partial charge in [0, 0.05) is 18.2 Å². The molecular formula is C13H14F2N2O. The molecule has 3 nitrogen and oxygen atoms in total. The van der Waals surface area contributed by atoms with Gasteiger partial charge in [-0.2, -0.15) is 0 Å². The molecule has 0 amide bonds. The predicted octanol–water partition coefficient (Wildman–Crippen LogP) is 3.12. The van der Waals surface area contributed by atoms with E-state index in [0.29, 0.717) is 17.8 Å². The highest BCUT2D eigenvalue weighted by Gasteiger charge is 2.09. The van der Waals surface area contributed by atoms with Gasteiger partial charge in [-0.15, -0.1) is 0 Å². The molecule has 0 fully saturated rings. The van der Waals surface area contributed by atoms with Crippen LogP contribution in [0.3, 0.4) is 0 Å². The van der Waals surface area contributed by atoms with Crippen LogP contribution in [0.4, 0.5) is 8.78 Å². The summed E-state index contributed by atoms with van der Waals surface area (Å²) >= 11 is 0. The molecule has 18 heavy (non-hydrogen) atoms. The molecule has 0 aliphatic rings. The lowest BCUT2D eigenvalue weighted by Crippen LogP contribution is -2.13. The Hall–Kier alpha value is -1.75. The standard InChI is InChI=1S/C13H14F2N2O/c1-2-3-16-7-12-8-18-13(17-12)9-4-10(14)6-11(15)5-9/h4-6,8,16H,2-3,7H2,1H3. The molecule has 0 aliphatic heterocycles. The summed E-state index contributed by atoms with van der Waals surface area (Å²) < 4.78 is 31.3. The maximum atomic E-state index is 13.0. The molecule has 1 aromatic heterocycles. The molecule has 1 aromatic carbocycles. The van der Waals surface area contributed by atoms with E-state index in [1.807, 2.05) is 0 Å². The van der Waals surface area contributed by atoms with E-state index in [4.69, 9.17) is 4.42 Å². The fourth-order valence-corrected chi connectivity index (χ4v) is 1.59. The average Bonchev–Trinajstić information content (AvgIpc) is 2.77. The van der Waals surface area contributed by atoms with Crippen LogP contribution in [-0.2, 0) is 6.54 Å². The molecule has 0 atom stereocenters. The number of nitrogens with one attached hydrogen (secondary N) is 1. The predicted molar refractivity (Wildman–Crippen MR) is 63.9 cm³/mol. The lowest BCUT2D eigenvalue weighted by Gasteiger charge is -1.98. The highest BCUT2D eigenvalue weighted by Crippen LogP contribution is 2.20. The second-order valence-corrected chi connectivity index (χ2v) is 3.98. The van der Waals surface area contributed by atoms with Crippen LogP contribution >= 0.6 is 0 Å². The number of oxazole rings is 1. The largest absolute Gasteiger partial charge is 0.444 e. The monoisotopic (exact) mass is 252 g/mol. The number of rotatable bonds is 5. The van der Waals surface area contributed by atoms with Gasteiger partial charge < -0.3 is 9.73 Å². The van der Waals surface area contributed by atoms with Gasteiger partial charge in [0.15, 0.2) is 0 Å². The van der Waals surface area contributed by atoms with Crippen molar-refractivity contribution in [3.05, 3.63) is 41.8 Å². The van der Waals surface area contributed by atoms with Crippen LogP contribution in [-0.4, -0.2) is 11.5 Å². The molecular weight excluding hydrogens is 238 g/mol. The van der Waals surface area contributed by atoms with Crippen molar-refractivity contribution in [3.63, 3.8) is 0 Å². The van der Waals surface area contributed by atoms with Gasteiger partial charge in [0.2, 0.25) is 5.89 Å². The second-order valence-electron chi connectivity index (χ2n) is 3.98. The Morgan fingerprint density at radius 3 is 2.61 bits per heavy atom. The van der Waals surface area contributed by atoms with Crippen molar-refractivity contribution in [1.82, 2.24) is 10.3 Å². The van der Waals surface area contributed by atoms with Crippen LogP contribution in [0.25, 0.3) is 11.5 Å². The third kappa shape index (κ3) is 3.13. The minimum Gasteiger partial charge on any atom is -0.444 e. The van der Waals surface area contributed by atoms with Gasteiger partial charge in [0.05, 0.1) is 5.69 Å². The number of nitrogens with zero attached hydrogens (tertiary/aromatic N) is 1. The van der Waals surface area contributed by atoms with Crippen molar-refractivity contribution < 1.29 is 13.2 Å². The molecule has 2 rings (SSSR count). The van der Waals surface area contributed by atoms with Gasteiger partial charge in [-0.3, -0.25) is 0 Å². The Kier molecular flexibility index (Phi) is 4.04. The summed E-state index contributed by atoms with van der Waals surface area (Å²) in [5, 5.41) is 3.17. The van der Waals surface area contributed by atoms with Crippen molar-refractivity contribution in [2.45, 2.75) is 19.9 Å². The van der Waals surface area contributed by atoms with Gasteiger partial charge in [-0.25, -0.2) is 13.8 Å². The van der Waals surface area contributed by atoms with Gasteiger partial charge in [-0.05, 0) is 25.1 Å². The topological polar surface area (TPSA) is 38.1 Å². The lowest BCUT2D eigenvalue weighted by molar-refractivity contribution is 0.561. The Bertz CT molecular complexity index is 505. The first-order valence-corrected chi connectivity index (χ1v) is 5.80. The van der Waals surface area contributed by atoms with Gasteiger partial charge in [0.25, 0.3) is 0 Å². The molecule has 0 bridgehead atoms. The Balaban J connectivity index is 2.13. The van der Waals surface area contributed by atoms with E-state index in [-0.39, 0.29) is 5.89 Å². The zero-order valence-electron chi connectivity index (χ0n) is 10.0. The van der Waals surface area contributed by atoms with Crippen LogP contribution in [0.15, 0.2) is 28.9 Å². The highest BCUT2D eigenvalue weighted by atomic mass is 19.1. The van der Waals surface area contributed by atoms with E-state index in [0.717, 1.165) is 19.0 Å². The van der Waals surface area contributed by atoms with Gasteiger partial charge in [0.1, 0.15) is 17.9 Å². The van der Waals surface area contributed by atoms with Crippen molar-refractivity contribution in [1.29, 1.82) is 0 Å². The van der Waals surface area contributed by atoms with E-state index < -0.39 is 11.6 Å². The Morgan fingerprint density at radius 1 is 1.22 bits per heavy atom. The maximum absolute atomic E-state index is 13.0. The van der Waals surface area contributed by atoms with E-state index in [1.165, 1.54) is 18.4 Å². The number of hydrogen-bond acceptors (Lipinski definition) is 3. The summed E-state index contributed by atoms with van der Waals surface area (Å²) in [7, 11) is 0. The van der Waals surface area contributed by atoms with Crippen molar-refractivity contribution in [2.24, 2.45) is 0 Å². The van der Waals surface area contributed by atoms with Crippen LogP contribution in [0.2, 0.25) is 0 Å². The van der Waals surface area contributed by atoms with E-state index in [2.05, 4.69) is 17.2 Å². The molecule has 2 aromatic rings. The first kappa shape index (κ1) is 12.7. The molecule has 0 radical (unpaired) electrons. The van der Waals surface area contributed by atoms with Crippen LogP contribution in [0, 0.1) is 11.6 Å². The van der Waals surface area contributed by atoms with E-state index in [1.54, 1.807) is 0 Å². The Morgan fingerprint density at radius 2 is 1.94 bits per heavy atom. The highest BCUT2D eigenvalue weighted by molar-refractivity contribution is 5.53. The van der Waals surface area contributed by atoms with Crippen LogP contribution < -0.4 is 5.32 Å². The van der Waals surface area contributed by atoms with Crippen LogP contribution in [0.5, 0.6) is 0 Å². The fraction of sp³-hybridized carbons (Fsp3) is 0.308. The molecule has 0 unspecified atom stereocenters. The molecule has 0 aliphatic carbocycles. The summed E-state index contributed by atoms with van der Waals surface area (Å²) in [6, 6.07) is 3.20. The smallest absolute Gasteiger partial charge is 0.226 e. The lowest BCUT2D eigenvalue weighted by atomic mass is 10.2. The third-order valence-electron chi connectivity index (χ3n) is 2.39. The number of benzene rings is 1. The van der Waals surface area contributed by atoms with Crippen molar-refractivity contribution >= 4 is 0 Å². The van der Waals surface area contributed by atoms with E-state index >= 15 is 0 Å². The minimum absolute atomic E-state index is 0.224. The summed E-state index contributed by atoms with van der Waals surface area (Å²) in [5.74, 6) is -1.07. The molecule has 0 spiro atoms. The molecule has 0 saturated heterocycles. The van der Waals surface area contributed by atoms with Gasteiger partial charge in [-0.1, -0.05) is 6.92 Å². The minimum atomic E-state index is -0.645. The molecule has 0 saturated carbocycles. The summed E-state index contributed by atoms with van der Waals surface area (Å²) in [6.07, 6.45) is 2.51. The number of halogens is 2. The second kappa shape index (κ2) is 5.73. The molecule has 5 heteroatoms. The third-order valence-corrected chi connectivity index (χ3v) is 2.39. The zero-order valence-corrected chi connectivity index (χ0v) is 10.0. The fourth-order valence-electron chi connectivity index (χ4n) is 1.59. The summed E-state index contributed by atoms with van der Waals surface area (Å²) in [4.78, 5) is 4.17. The normalized spacial score (nSPS) is 10.8. The number of aromatic nitrogens is 1. The first-order valence-electron chi connectivity index (χ1n) is 5.80. The quantitative estimate of drug-likeness (QED) is 0.831. The Labute approximate surface area is 104 Å². The summed E-state index contributed by atoms with van der Waals surface area (Å²) in [6.45, 7) is 3.53. The van der Waals surface area contributed by atoms with Crippen LogP contribution in [0.1, 0.15) is 19.0 Å². The molecule has 96 valence electrons. The SMILES string of the molecule is CCCNCc1coc(-c2cc(F)cc(F)c2)n1. The first-order chi connectivity index (χ1) is 8.69. The zero-order chi connectivity index (χ0) is 13.0. The molecule has 1 heterocycles.